The molecule has 1 N–H and O–H groups in total. The van der Waals surface area contributed by atoms with E-state index in [1.54, 1.807) is 10.7 Å². The van der Waals surface area contributed by atoms with Crippen molar-refractivity contribution in [1.29, 1.82) is 0 Å². The summed E-state index contributed by atoms with van der Waals surface area (Å²) in [4.78, 5) is 18.7. The fraction of sp³-hybridized carbons (Fsp3) is 0.235. The van der Waals surface area contributed by atoms with Crippen molar-refractivity contribution < 1.29 is 32.4 Å². The summed E-state index contributed by atoms with van der Waals surface area (Å²) in [6.45, 7) is 3.05. The van der Waals surface area contributed by atoms with Crippen molar-refractivity contribution in [2.24, 2.45) is 0 Å². The van der Waals surface area contributed by atoms with Crippen LogP contribution in [0, 0.1) is 0 Å². The number of ether oxygens (including phenoxy) is 1. The molecule has 0 saturated heterocycles. The lowest BCUT2D eigenvalue weighted by atomic mass is 10.2. The minimum absolute atomic E-state index is 0.104. The molecule has 0 unspecified atom stereocenters. The lowest BCUT2D eigenvalue weighted by molar-refractivity contribution is -0.695. The van der Waals surface area contributed by atoms with Crippen LogP contribution in [0.25, 0.3) is 17.0 Å². The highest BCUT2D eigenvalue weighted by atomic mass is 19.4. The average molecular weight is 396 g/mol. The van der Waals surface area contributed by atoms with Gasteiger partial charge in [0.1, 0.15) is 12.7 Å². The molecule has 28 heavy (non-hydrogen) atoms. The van der Waals surface area contributed by atoms with Crippen molar-refractivity contribution in [2.45, 2.75) is 19.1 Å². The van der Waals surface area contributed by atoms with E-state index in [1.165, 1.54) is 6.33 Å². The predicted molar refractivity (Wildman–Crippen MR) is 90.9 cm³/mol. The van der Waals surface area contributed by atoms with E-state index >= 15 is 0 Å². The van der Waals surface area contributed by atoms with Gasteiger partial charge in [-0.15, -0.1) is 0 Å². The number of aryl methyl sites for hydroxylation is 1. The number of halogens is 3. The summed E-state index contributed by atoms with van der Waals surface area (Å²) in [5, 5.41) is 12.8. The summed E-state index contributed by atoms with van der Waals surface area (Å²) in [7, 11) is 0.926. The Kier molecular flexibility index (Phi) is 6.64. The van der Waals surface area contributed by atoms with Crippen LogP contribution in [-0.2, 0) is 16.1 Å². The van der Waals surface area contributed by atoms with Gasteiger partial charge in [-0.25, -0.2) is 9.55 Å². The topological polar surface area (TPSA) is 93.5 Å². The van der Waals surface area contributed by atoms with E-state index in [2.05, 4.69) is 26.4 Å². The van der Waals surface area contributed by atoms with Crippen molar-refractivity contribution in [2.75, 3.05) is 7.11 Å². The van der Waals surface area contributed by atoms with Gasteiger partial charge in [-0.1, -0.05) is 6.58 Å². The Morgan fingerprint density at radius 3 is 2.50 bits per heavy atom. The maximum atomic E-state index is 11.2. The number of methoxy groups -OCH3 is 1. The smallest absolute Gasteiger partial charge is 0.448 e. The summed E-state index contributed by atoms with van der Waals surface area (Å²) >= 11 is 0. The van der Waals surface area contributed by atoms with E-state index in [4.69, 9.17) is 5.11 Å². The minimum Gasteiger partial charge on any atom is -0.493 e. The number of pyridine rings is 1. The average Bonchev–Trinajstić information content (AvgIpc) is 3.14. The van der Waals surface area contributed by atoms with Gasteiger partial charge in [0.05, 0.1) is 12.8 Å². The highest BCUT2D eigenvalue weighted by molar-refractivity contribution is 5.66. The Bertz CT molecular complexity index is 955. The number of carbonyl (C=O) groups is 1. The molecular formula is C17H17F3N5O3+. The van der Waals surface area contributed by atoms with Crippen LogP contribution in [0.1, 0.15) is 6.42 Å². The number of alkyl halides is 3. The molecule has 3 aromatic rings. The molecule has 3 heterocycles. The van der Waals surface area contributed by atoms with Crippen LogP contribution in [0.5, 0.6) is 0 Å². The van der Waals surface area contributed by atoms with E-state index in [0.29, 0.717) is 12.3 Å². The van der Waals surface area contributed by atoms with Crippen LogP contribution in [0.3, 0.4) is 0 Å². The maximum Gasteiger partial charge on any atom is 0.448 e. The van der Waals surface area contributed by atoms with Crippen molar-refractivity contribution in [1.82, 2.24) is 19.6 Å². The van der Waals surface area contributed by atoms with Crippen LogP contribution in [0.2, 0.25) is 0 Å². The highest BCUT2D eigenvalue weighted by Gasteiger charge is 2.33. The second kappa shape index (κ2) is 8.93. The molecule has 0 aliphatic carbocycles. The van der Waals surface area contributed by atoms with E-state index in [-0.39, 0.29) is 6.42 Å². The fourth-order valence-electron chi connectivity index (χ4n) is 2.07. The van der Waals surface area contributed by atoms with Crippen LogP contribution in [0.15, 0.2) is 55.5 Å². The zero-order valence-corrected chi connectivity index (χ0v) is 14.8. The number of carboxylic acids is 1. The van der Waals surface area contributed by atoms with Gasteiger partial charge in [0, 0.05) is 23.9 Å². The lowest BCUT2D eigenvalue weighted by Crippen LogP contribution is -2.33. The van der Waals surface area contributed by atoms with E-state index in [0.717, 1.165) is 18.4 Å². The molecule has 11 heteroatoms. The molecule has 0 aliphatic heterocycles. The van der Waals surface area contributed by atoms with Gasteiger partial charge in [-0.2, -0.15) is 27.8 Å². The third kappa shape index (κ3) is 5.50. The number of hydrogen-bond acceptors (Lipinski definition) is 5. The second-order valence-electron chi connectivity index (χ2n) is 5.40. The normalized spacial score (nSPS) is 10.9. The number of aromatic nitrogens is 5. The molecule has 0 spiro atoms. The monoisotopic (exact) mass is 396 g/mol. The minimum atomic E-state index is -4.41. The van der Waals surface area contributed by atoms with Crippen molar-refractivity contribution in [3.05, 3.63) is 55.5 Å². The molecule has 0 radical (unpaired) electrons. The standard InChI is InChI=1S/C13H11N5O2.C4H5F3O/c19-12(20)4-8-17-6-2-10(3-7-17)11-1-5-14-13-15-9-16-18(11)13;1-3(8-2)4(5,6)7/h1-3,5-7,9H,4,8H2;1H2,2H3/p+1. The molecular weight excluding hydrogens is 379 g/mol. The van der Waals surface area contributed by atoms with E-state index in [9.17, 15) is 18.0 Å². The summed E-state index contributed by atoms with van der Waals surface area (Å²) < 4.78 is 41.0. The van der Waals surface area contributed by atoms with Crippen molar-refractivity contribution in [3.8, 4) is 11.3 Å². The third-order valence-electron chi connectivity index (χ3n) is 3.51. The second-order valence-corrected chi connectivity index (χ2v) is 5.40. The lowest BCUT2D eigenvalue weighted by Gasteiger charge is -2.06. The molecule has 148 valence electrons. The molecule has 0 amide bonds. The Labute approximate surface area is 157 Å². The van der Waals surface area contributed by atoms with Gasteiger partial charge in [-0.05, 0) is 6.07 Å². The number of hydrogen-bond donors (Lipinski definition) is 1. The summed E-state index contributed by atoms with van der Waals surface area (Å²) in [6, 6.07) is 5.69. The number of aliphatic carboxylic acids is 1. The van der Waals surface area contributed by atoms with Gasteiger partial charge in [0.2, 0.25) is 0 Å². The van der Waals surface area contributed by atoms with Crippen LogP contribution < -0.4 is 4.57 Å². The van der Waals surface area contributed by atoms with Crippen LogP contribution in [-0.4, -0.2) is 43.9 Å². The van der Waals surface area contributed by atoms with Crippen LogP contribution >= 0.6 is 0 Å². The number of nitrogens with zero attached hydrogens (tertiary/aromatic N) is 5. The Morgan fingerprint density at radius 2 is 1.96 bits per heavy atom. The highest BCUT2D eigenvalue weighted by Crippen LogP contribution is 2.23. The van der Waals surface area contributed by atoms with E-state index in [1.807, 2.05) is 35.2 Å². The Hall–Kier alpha value is -3.50. The summed E-state index contributed by atoms with van der Waals surface area (Å²) in [5.74, 6) is -1.43. The zero-order valence-electron chi connectivity index (χ0n) is 14.8. The summed E-state index contributed by atoms with van der Waals surface area (Å²) in [5.41, 5.74) is 1.85. The quantitative estimate of drug-likeness (QED) is 0.525. The number of rotatable bonds is 5. The van der Waals surface area contributed by atoms with Crippen LogP contribution in [0.4, 0.5) is 13.2 Å². The van der Waals surface area contributed by atoms with Gasteiger partial charge in [0.25, 0.3) is 5.78 Å². The molecule has 3 aromatic heterocycles. The zero-order chi connectivity index (χ0) is 20.7. The molecule has 0 aromatic carbocycles. The number of fused-ring (bicyclic) bond motifs is 1. The van der Waals surface area contributed by atoms with Crippen molar-refractivity contribution in [3.63, 3.8) is 0 Å². The molecule has 8 nitrogen and oxygen atoms in total. The molecule has 0 atom stereocenters. The molecule has 0 saturated carbocycles. The predicted octanol–water partition coefficient (Wildman–Crippen LogP) is 2.26. The molecule has 0 bridgehead atoms. The maximum absolute atomic E-state index is 11.2. The first-order valence-corrected chi connectivity index (χ1v) is 7.88. The molecule has 3 rings (SSSR count). The molecule has 0 aliphatic rings. The van der Waals surface area contributed by atoms with Gasteiger partial charge in [-0.3, -0.25) is 4.79 Å². The fourth-order valence-corrected chi connectivity index (χ4v) is 2.07. The number of carboxylic acid groups (broad SMARTS) is 1. The Morgan fingerprint density at radius 1 is 1.29 bits per heavy atom. The van der Waals surface area contributed by atoms with Crippen molar-refractivity contribution >= 4 is 11.7 Å². The summed E-state index contributed by atoms with van der Waals surface area (Å²) in [6.07, 6.45) is 2.54. The first-order valence-electron chi connectivity index (χ1n) is 7.88. The largest absolute Gasteiger partial charge is 0.493 e. The van der Waals surface area contributed by atoms with Gasteiger partial charge in [0.15, 0.2) is 24.7 Å². The first-order chi connectivity index (χ1) is 13.2. The SMILES string of the molecule is C=C(OC)C(F)(F)F.O=C(O)CC[n+]1ccc(-c2ccnc3ncnn23)cc1. The molecule has 0 fully saturated rings. The van der Waals surface area contributed by atoms with Gasteiger partial charge < -0.3 is 9.84 Å². The van der Waals surface area contributed by atoms with E-state index < -0.39 is 17.9 Å². The number of allylic oxidation sites excluding steroid dienone is 1. The third-order valence-corrected chi connectivity index (χ3v) is 3.51. The first kappa shape index (κ1) is 20.8. The Balaban J connectivity index is 0.000000300. The van der Waals surface area contributed by atoms with Gasteiger partial charge >= 0.3 is 12.1 Å².